The Balaban J connectivity index is 2.05. The van der Waals surface area contributed by atoms with Crippen LogP contribution in [0.1, 0.15) is 24.4 Å². The molecule has 28 heavy (non-hydrogen) atoms. The summed E-state index contributed by atoms with van der Waals surface area (Å²) >= 11 is 6.25. The smallest absolute Gasteiger partial charge is 0.197 e. The number of nitrogens with zero attached hydrogens (tertiary/aromatic N) is 1. The van der Waals surface area contributed by atoms with Crippen molar-refractivity contribution in [3.8, 4) is 22.8 Å². The van der Waals surface area contributed by atoms with Gasteiger partial charge < -0.3 is 19.7 Å². The van der Waals surface area contributed by atoms with E-state index in [1.165, 1.54) is 6.07 Å². The van der Waals surface area contributed by atoms with Gasteiger partial charge in [-0.15, -0.1) is 0 Å². The maximum absolute atomic E-state index is 12.8. The lowest BCUT2D eigenvalue weighted by Crippen LogP contribution is -2.39. The van der Waals surface area contributed by atoms with E-state index in [0.29, 0.717) is 17.0 Å². The fourth-order valence-electron chi connectivity index (χ4n) is 3.95. The third-order valence-electron chi connectivity index (χ3n) is 5.28. The first-order chi connectivity index (χ1) is 13.4. The molecule has 2 aromatic carbocycles. The Bertz CT molecular complexity index is 1100. The lowest BCUT2D eigenvalue weighted by molar-refractivity contribution is 0.0233. The molecule has 1 unspecified atom stereocenters. The van der Waals surface area contributed by atoms with Crippen LogP contribution in [0.2, 0.25) is 5.02 Å². The number of rotatable bonds is 2. The molecule has 1 aromatic heterocycles. The summed E-state index contributed by atoms with van der Waals surface area (Å²) < 4.78 is 6.01. The van der Waals surface area contributed by atoms with Crippen molar-refractivity contribution in [2.75, 3.05) is 13.6 Å². The van der Waals surface area contributed by atoms with Crippen molar-refractivity contribution in [2.45, 2.75) is 25.0 Å². The lowest BCUT2D eigenvalue weighted by Gasteiger charge is -2.37. The number of aliphatic hydroxyl groups excluding tert-OH is 1. The zero-order valence-corrected chi connectivity index (χ0v) is 16.0. The number of halogens is 1. The number of hydrogen-bond acceptors (Lipinski definition) is 6. The van der Waals surface area contributed by atoms with Crippen LogP contribution < -0.4 is 5.43 Å². The van der Waals surface area contributed by atoms with Gasteiger partial charge in [0.2, 0.25) is 0 Å². The second-order valence-electron chi connectivity index (χ2n) is 7.12. The van der Waals surface area contributed by atoms with Gasteiger partial charge in [0.25, 0.3) is 0 Å². The Labute approximate surface area is 166 Å². The number of fused-ring (bicyclic) bond motifs is 1. The maximum atomic E-state index is 12.8. The molecule has 4 rings (SSSR count). The molecule has 146 valence electrons. The molecule has 0 bridgehead atoms. The summed E-state index contributed by atoms with van der Waals surface area (Å²) in [6.07, 6.45) is 0.636. The van der Waals surface area contributed by atoms with Gasteiger partial charge in [0.05, 0.1) is 22.7 Å². The summed E-state index contributed by atoms with van der Waals surface area (Å²) in [4.78, 5) is 14.7. The van der Waals surface area contributed by atoms with E-state index in [0.717, 1.165) is 19.0 Å². The molecule has 0 saturated carbocycles. The molecule has 0 radical (unpaired) electrons. The average Bonchev–Trinajstić information content (AvgIpc) is 2.63. The second kappa shape index (κ2) is 7.13. The molecule has 1 saturated heterocycles. The van der Waals surface area contributed by atoms with Crippen LogP contribution in [0.5, 0.6) is 11.5 Å². The van der Waals surface area contributed by atoms with Gasteiger partial charge in [-0.05, 0) is 38.6 Å². The van der Waals surface area contributed by atoms with Crippen LogP contribution in [-0.2, 0) is 0 Å². The summed E-state index contributed by atoms with van der Waals surface area (Å²) in [5.74, 6) is -0.381. The predicted octanol–water partition coefficient (Wildman–Crippen LogP) is 3.65. The standard InChI is InChI=1S/C21H20ClNO5/c1-23-8-4-7-13(24)20(23)19-15(26)9-14(25)18-16(27)10-17(28-21(18)19)11-5-2-3-6-12(11)22/h2-3,5-6,9-10,13,20,24-26H,4,7-8H2,1H3/t13-,20?/m0/s1. The fourth-order valence-corrected chi connectivity index (χ4v) is 4.18. The molecule has 3 aromatic rings. The number of likely N-dealkylation sites (tertiary alicyclic amines) is 1. The minimum absolute atomic E-state index is 0.0326. The average molecular weight is 402 g/mol. The zero-order chi connectivity index (χ0) is 20.0. The minimum Gasteiger partial charge on any atom is -0.507 e. The molecule has 2 atom stereocenters. The van der Waals surface area contributed by atoms with Gasteiger partial charge >= 0.3 is 0 Å². The summed E-state index contributed by atoms with van der Waals surface area (Å²) in [5, 5.41) is 31.8. The van der Waals surface area contributed by atoms with Crippen LogP contribution in [0, 0.1) is 0 Å². The first kappa shape index (κ1) is 18.8. The van der Waals surface area contributed by atoms with E-state index in [-0.39, 0.29) is 33.8 Å². The van der Waals surface area contributed by atoms with Crippen LogP contribution >= 0.6 is 11.6 Å². The minimum atomic E-state index is -0.744. The molecular formula is C21H20ClNO5. The van der Waals surface area contributed by atoms with Gasteiger partial charge in [0.1, 0.15) is 22.6 Å². The second-order valence-corrected chi connectivity index (χ2v) is 7.53. The number of aromatic hydroxyl groups is 2. The van der Waals surface area contributed by atoms with Crippen molar-refractivity contribution in [2.24, 2.45) is 0 Å². The number of piperidine rings is 1. The number of hydrogen-bond donors (Lipinski definition) is 3. The number of phenolic OH excluding ortho intramolecular Hbond substituents is 2. The summed E-state index contributed by atoms with van der Waals surface area (Å²) in [7, 11) is 1.83. The molecule has 2 heterocycles. The molecule has 0 amide bonds. The van der Waals surface area contributed by atoms with Crippen molar-refractivity contribution in [1.29, 1.82) is 0 Å². The van der Waals surface area contributed by atoms with E-state index < -0.39 is 17.6 Å². The molecule has 6 nitrogen and oxygen atoms in total. The molecule has 1 aliphatic rings. The highest BCUT2D eigenvalue weighted by Crippen LogP contribution is 2.43. The zero-order valence-electron chi connectivity index (χ0n) is 15.2. The van der Waals surface area contributed by atoms with Gasteiger partial charge in [-0.1, -0.05) is 23.7 Å². The highest BCUT2D eigenvalue weighted by atomic mass is 35.5. The Morgan fingerprint density at radius 2 is 1.93 bits per heavy atom. The molecule has 1 fully saturated rings. The normalized spacial score (nSPS) is 20.5. The largest absolute Gasteiger partial charge is 0.507 e. The Morgan fingerprint density at radius 3 is 2.64 bits per heavy atom. The Kier molecular flexibility index (Phi) is 4.79. The quantitative estimate of drug-likeness (QED) is 0.606. The number of phenols is 2. The van der Waals surface area contributed by atoms with E-state index in [9.17, 15) is 20.1 Å². The van der Waals surface area contributed by atoms with Crippen molar-refractivity contribution >= 4 is 22.6 Å². The van der Waals surface area contributed by atoms with Crippen molar-refractivity contribution in [3.63, 3.8) is 0 Å². The topological polar surface area (TPSA) is 94.1 Å². The molecule has 0 spiro atoms. The highest BCUT2D eigenvalue weighted by molar-refractivity contribution is 6.33. The summed E-state index contributed by atoms with van der Waals surface area (Å²) in [5.41, 5.74) is 0.406. The van der Waals surface area contributed by atoms with Gasteiger partial charge in [-0.2, -0.15) is 0 Å². The van der Waals surface area contributed by atoms with Crippen LogP contribution in [0.4, 0.5) is 0 Å². The Hall–Kier alpha value is -2.54. The van der Waals surface area contributed by atoms with Gasteiger partial charge in [0.15, 0.2) is 11.0 Å². The van der Waals surface area contributed by atoms with E-state index in [1.54, 1.807) is 24.3 Å². The van der Waals surface area contributed by atoms with Gasteiger partial charge in [-0.25, -0.2) is 0 Å². The van der Waals surface area contributed by atoms with Crippen molar-refractivity contribution in [3.05, 3.63) is 57.2 Å². The van der Waals surface area contributed by atoms with E-state index in [1.807, 2.05) is 11.9 Å². The van der Waals surface area contributed by atoms with Gasteiger partial charge in [0, 0.05) is 17.7 Å². The lowest BCUT2D eigenvalue weighted by atomic mass is 9.90. The van der Waals surface area contributed by atoms with Crippen LogP contribution in [-0.4, -0.2) is 39.9 Å². The van der Waals surface area contributed by atoms with Gasteiger partial charge in [-0.3, -0.25) is 9.69 Å². The highest BCUT2D eigenvalue weighted by Gasteiger charge is 2.34. The molecular weight excluding hydrogens is 382 g/mol. The molecule has 1 aliphatic heterocycles. The first-order valence-corrected chi connectivity index (χ1v) is 9.42. The SMILES string of the molecule is CN1CCC[C@H](O)C1c1c(O)cc(O)c2c(=O)cc(-c3ccccc3Cl)oc12. The predicted molar refractivity (Wildman–Crippen MR) is 107 cm³/mol. The molecule has 7 heteroatoms. The van der Waals surface area contributed by atoms with E-state index in [2.05, 4.69) is 0 Å². The van der Waals surface area contributed by atoms with Crippen molar-refractivity contribution in [1.82, 2.24) is 4.90 Å². The first-order valence-electron chi connectivity index (χ1n) is 9.04. The van der Waals surface area contributed by atoms with E-state index >= 15 is 0 Å². The monoisotopic (exact) mass is 401 g/mol. The van der Waals surface area contributed by atoms with Crippen molar-refractivity contribution < 1.29 is 19.7 Å². The summed E-state index contributed by atoms with van der Waals surface area (Å²) in [6.45, 7) is 0.720. The molecule has 3 N–H and O–H groups in total. The maximum Gasteiger partial charge on any atom is 0.197 e. The number of likely N-dealkylation sites (N-methyl/N-ethyl adjacent to an activating group) is 1. The number of aliphatic hydroxyl groups is 1. The summed E-state index contributed by atoms with van der Waals surface area (Å²) in [6, 6.07) is 8.76. The molecule has 0 aliphatic carbocycles. The third kappa shape index (κ3) is 3.03. The van der Waals surface area contributed by atoms with Crippen LogP contribution in [0.25, 0.3) is 22.3 Å². The fraction of sp³-hybridized carbons (Fsp3) is 0.286. The van der Waals surface area contributed by atoms with Crippen LogP contribution in [0.3, 0.4) is 0 Å². The third-order valence-corrected chi connectivity index (χ3v) is 5.61. The number of benzene rings is 2. The van der Waals surface area contributed by atoms with E-state index in [4.69, 9.17) is 16.0 Å². The Morgan fingerprint density at radius 1 is 1.18 bits per heavy atom. The van der Waals surface area contributed by atoms with Crippen LogP contribution in [0.15, 0.2) is 45.6 Å².